The number of hydrogen-bond donors (Lipinski definition) is 1. The van der Waals surface area contributed by atoms with Crippen molar-refractivity contribution < 1.29 is 19.4 Å². The van der Waals surface area contributed by atoms with Crippen LogP contribution < -0.4 is 0 Å². The zero-order valence-corrected chi connectivity index (χ0v) is 11.1. The second kappa shape index (κ2) is 4.63. The Hall–Kier alpha value is -0.940. The molecular weight excluding hydrogens is 234 g/mol. The van der Waals surface area contributed by atoms with E-state index < -0.39 is 5.60 Å². The summed E-state index contributed by atoms with van der Waals surface area (Å²) in [6.45, 7) is 4.92. The number of aliphatic hydroxyl groups is 1. The van der Waals surface area contributed by atoms with Crippen LogP contribution in [0.3, 0.4) is 0 Å². The molecule has 0 saturated carbocycles. The predicted octanol–water partition coefficient (Wildman–Crippen LogP) is 0.703. The van der Waals surface area contributed by atoms with E-state index in [9.17, 15) is 14.7 Å². The van der Waals surface area contributed by atoms with E-state index in [0.29, 0.717) is 38.9 Å². The van der Waals surface area contributed by atoms with Crippen molar-refractivity contribution in [2.75, 3.05) is 19.8 Å². The van der Waals surface area contributed by atoms with Crippen LogP contribution in [-0.2, 0) is 14.3 Å². The largest absolute Gasteiger partial charge is 0.388 e. The normalized spacial score (nSPS) is 27.4. The molecule has 0 aromatic carbocycles. The van der Waals surface area contributed by atoms with Crippen LogP contribution in [0.1, 0.15) is 39.5 Å². The number of ether oxygens (including phenoxy) is 1. The maximum Gasteiger partial charge on any atom is 0.229 e. The first-order valence-corrected chi connectivity index (χ1v) is 6.45. The van der Waals surface area contributed by atoms with Gasteiger partial charge in [0.2, 0.25) is 11.8 Å². The van der Waals surface area contributed by atoms with E-state index in [2.05, 4.69) is 0 Å². The van der Waals surface area contributed by atoms with Crippen LogP contribution >= 0.6 is 0 Å². The topological polar surface area (TPSA) is 66.8 Å². The Labute approximate surface area is 107 Å². The zero-order valence-electron chi connectivity index (χ0n) is 11.1. The number of β-amino-alcohol motifs (C(OH)–C–C–N with tert-alkyl or cyclic N) is 1. The molecule has 102 valence electrons. The molecule has 2 rings (SSSR count). The van der Waals surface area contributed by atoms with E-state index in [1.165, 1.54) is 4.90 Å². The lowest BCUT2D eigenvalue weighted by Gasteiger charge is -2.40. The Morgan fingerprint density at radius 1 is 1.17 bits per heavy atom. The fraction of sp³-hybridized carbons (Fsp3) is 0.846. The molecule has 0 radical (unpaired) electrons. The van der Waals surface area contributed by atoms with Crippen molar-refractivity contribution in [1.29, 1.82) is 0 Å². The number of carbonyl (C=O) groups is 2. The summed E-state index contributed by atoms with van der Waals surface area (Å²) in [7, 11) is 0. The first-order chi connectivity index (χ1) is 8.31. The fourth-order valence-electron chi connectivity index (χ4n) is 2.59. The summed E-state index contributed by atoms with van der Waals surface area (Å²) < 4.78 is 5.19. The highest BCUT2D eigenvalue weighted by Gasteiger charge is 2.41. The molecule has 1 N–H and O–H groups in total. The number of imide groups is 1. The van der Waals surface area contributed by atoms with E-state index in [-0.39, 0.29) is 23.8 Å². The molecule has 0 aromatic rings. The molecule has 0 aromatic heterocycles. The van der Waals surface area contributed by atoms with Gasteiger partial charge in [0.15, 0.2) is 0 Å². The van der Waals surface area contributed by atoms with E-state index >= 15 is 0 Å². The van der Waals surface area contributed by atoms with Crippen LogP contribution in [0, 0.1) is 5.41 Å². The van der Waals surface area contributed by atoms with Gasteiger partial charge in [0.1, 0.15) is 0 Å². The molecule has 2 fully saturated rings. The molecule has 0 spiro atoms. The average Bonchev–Trinajstić information content (AvgIpc) is 2.23. The third-order valence-electron chi connectivity index (χ3n) is 3.74. The van der Waals surface area contributed by atoms with Crippen LogP contribution in [0.15, 0.2) is 0 Å². The first kappa shape index (κ1) is 13.5. The molecule has 0 bridgehead atoms. The summed E-state index contributed by atoms with van der Waals surface area (Å²) in [5, 5.41) is 10.4. The zero-order chi connectivity index (χ0) is 13.4. The lowest BCUT2D eigenvalue weighted by Crippen LogP contribution is -2.54. The molecule has 2 amide bonds. The molecular formula is C13H21NO4. The van der Waals surface area contributed by atoms with Gasteiger partial charge in [-0.2, -0.15) is 0 Å². The highest BCUT2D eigenvalue weighted by atomic mass is 16.5. The fourth-order valence-corrected chi connectivity index (χ4v) is 2.59. The summed E-state index contributed by atoms with van der Waals surface area (Å²) in [6.07, 6.45) is 1.69. The molecule has 5 heteroatoms. The number of likely N-dealkylation sites (tertiary alicyclic amines) is 1. The van der Waals surface area contributed by atoms with Crippen molar-refractivity contribution in [2.24, 2.45) is 5.41 Å². The number of piperidine rings is 1. The van der Waals surface area contributed by atoms with Gasteiger partial charge in [-0.05, 0) is 5.41 Å². The highest BCUT2D eigenvalue weighted by Crippen LogP contribution is 2.33. The van der Waals surface area contributed by atoms with Crippen molar-refractivity contribution in [3.05, 3.63) is 0 Å². The summed E-state index contributed by atoms with van der Waals surface area (Å²) >= 11 is 0. The molecule has 2 saturated heterocycles. The summed E-state index contributed by atoms with van der Waals surface area (Å²) in [5.74, 6) is -0.340. The number of rotatable bonds is 2. The van der Waals surface area contributed by atoms with Crippen LogP contribution in [0.25, 0.3) is 0 Å². The van der Waals surface area contributed by atoms with Crippen LogP contribution in [0.5, 0.6) is 0 Å². The number of amides is 2. The molecule has 2 aliphatic rings. The van der Waals surface area contributed by atoms with Crippen molar-refractivity contribution in [1.82, 2.24) is 4.90 Å². The summed E-state index contributed by atoms with van der Waals surface area (Å²) in [5.41, 5.74) is -1.23. The Balaban J connectivity index is 2.05. The minimum absolute atomic E-state index is 0.115. The quantitative estimate of drug-likeness (QED) is 0.738. The Bertz CT molecular complexity index is 338. The lowest BCUT2D eigenvalue weighted by atomic mass is 9.81. The maximum absolute atomic E-state index is 12.0. The van der Waals surface area contributed by atoms with Gasteiger partial charge in [-0.15, -0.1) is 0 Å². The van der Waals surface area contributed by atoms with Crippen molar-refractivity contribution in [3.8, 4) is 0 Å². The number of carbonyl (C=O) groups excluding carboxylic acids is 2. The van der Waals surface area contributed by atoms with Gasteiger partial charge in [-0.1, -0.05) is 13.8 Å². The molecule has 18 heavy (non-hydrogen) atoms. The molecule has 0 atom stereocenters. The number of hydrogen-bond acceptors (Lipinski definition) is 4. The Kier molecular flexibility index (Phi) is 3.47. The van der Waals surface area contributed by atoms with E-state index in [1.54, 1.807) is 0 Å². The highest BCUT2D eigenvalue weighted by molar-refractivity contribution is 5.98. The van der Waals surface area contributed by atoms with Gasteiger partial charge in [-0.3, -0.25) is 14.5 Å². The van der Waals surface area contributed by atoms with Gasteiger partial charge < -0.3 is 9.84 Å². The molecule has 2 aliphatic heterocycles. The van der Waals surface area contributed by atoms with Gasteiger partial charge in [0.05, 0.1) is 12.1 Å². The minimum atomic E-state index is -0.967. The van der Waals surface area contributed by atoms with Crippen LogP contribution in [0.2, 0.25) is 0 Å². The summed E-state index contributed by atoms with van der Waals surface area (Å²) in [6, 6.07) is 0. The van der Waals surface area contributed by atoms with Gasteiger partial charge in [0, 0.05) is 38.9 Å². The summed E-state index contributed by atoms with van der Waals surface area (Å²) in [4.78, 5) is 25.2. The average molecular weight is 255 g/mol. The Morgan fingerprint density at radius 2 is 1.67 bits per heavy atom. The van der Waals surface area contributed by atoms with Crippen molar-refractivity contribution in [2.45, 2.75) is 45.1 Å². The van der Waals surface area contributed by atoms with Gasteiger partial charge in [0.25, 0.3) is 0 Å². The molecule has 2 heterocycles. The molecule has 0 unspecified atom stereocenters. The van der Waals surface area contributed by atoms with Crippen molar-refractivity contribution >= 4 is 11.8 Å². The third kappa shape index (κ3) is 2.90. The monoisotopic (exact) mass is 255 g/mol. The molecule has 5 nitrogen and oxygen atoms in total. The first-order valence-electron chi connectivity index (χ1n) is 6.45. The standard InChI is InChI=1S/C13H21NO4/c1-12(2)7-10(15)14(11(16)8-12)9-13(17)3-5-18-6-4-13/h17H,3-9H2,1-2H3. The van der Waals surface area contributed by atoms with Crippen LogP contribution in [-0.4, -0.2) is 47.2 Å². The van der Waals surface area contributed by atoms with Gasteiger partial charge in [-0.25, -0.2) is 0 Å². The van der Waals surface area contributed by atoms with E-state index in [4.69, 9.17) is 4.74 Å². The second-order valence-corrected chi connectivity index (χ2v) is 6.23. The van der Waals surface area contributed by atoms with Crippen molar-refractivity contribution in [3.63, 3.8) is 0 Å². The SMILES string of the molecule is CC1(C)CC(=O)N(CC2(O)CCOCC2)C(=O)C1. The lowest BCUT2D eigenvalue weighted by molar-refractivity contribution is -0.160. The Morgan fingerprint density at radius 3 is 2.17 bits per heavy atom. The van der Waals surface area contributed by atoms with E-state index in [1.807, 2.05) is 13.8 Å². The maximum atomic E-state index is 12.0. The minimum Gasteiger partial charge on any atom is -0.388 e. The predicted molar refractivity (Wildman–Crippen MR) is 64.7 cm³/mol. The van der Waals surface area contributed by atoms with Crippen LogP contribution in [0.4, 0.5) is 0 Å². The van der Waals surface area contributed by atoms with E-state index in [0.717, 1.165) is 0 Å². The third-order valence-corrected chi connectivity index (χ3v) is 3.74. The molecule has 0 aliphatic carbocycles. The second-order valence-electron chi connectivity index (χ2n) is 6.23. The van der Waals surface area contributed by atoms with Gasteiger partial charge >= 0.3 is 0 Å². The number of nitrogens with zero attached hydrogens (tertiary/aromatic N) is 1. The smallest absolute Gasteiger partial charge is 0.229 e.